The monoisotopic (exact) mass is 403 g/mol. The number of anilines is 1. The van der Waals surface area contributed by atoms with Crippen LogP contribution < -0.4 is 4.90 Å². The zero-order valence-corrected chi connectivity index (χ0v) is 16.5. The van der Waals surface area contributed by atoms with Crippen LogP contribution in [0.5, 0.6) is 0 Å². The lowest BCUT2D eigenvalue weighted by molar-refractivity contribution is -0.131. The number of carbonyl (C=O) groups excluding carboxylic acids is 3. The summed E-state index contributed by atoms with van der Waals surface area (Å²) in [7, 11) is 0. The van der Waals surface area contributed by atoms with Crippen LogP contribution in [-0.2, 0) is 4.79 Å². The fourth-order valence-electron chi connectivity index (χ4n) is 3.89. The molecule has 2 aliphatic rings. The van der Waals surface area contributed by atoms with Gasteiger partial charge < -0.3 is 9.80 Å². The van der Waals surface area contributed by atoms with Gasteiger partial charge in [0, 0.05) is 45.3 Å². The molecule has 1 aromatic carbocycles. The maximum atomic E-state index is 12.6. The maximum Gasteiger partial charge on any atom is 0.261 e. The summed E-state index contributed by atoms with van der Waals surface area (Å²) in [6, 6.07) is 12.4. The van der Waals surface area contributed by atoms with Crippen molar-refractivity contribution in [1.29, 1.82) is 5.26 Å². The van der Waals surface area contributed by atoms with Crippen LogP contribution in [0.15, 0.2) is 42.6 Å². The molecule has 152 valence electrons. The first-order chi connectivity index (χ1) is 14.6. The molecule has 0 aliphatic carbocycles. The van der Waals surface area contributed by atoms with E-state index in [2.05, 4.69) is 11.1 Å². The Morgan fingerprint density at radius 3 is 2.30 bits per heavy atom. The Kier molecular flexibility index (Phi) is 5.44. The van der Waals surface area contributed by atoms with Crippen molar-refractivity contribution < 1.29 is 14.4 Å². The predicted molar refractivity (Wildman–Crippen MR) is 109 cm³/mol. The average molecular weight is 403 g/mol. The number of rotatable bonds is 5. The highest BCUT2D eigenvalue weighted by molar-refractivity contribution is 6.21. The lowest BCUT2D eigenvalue weighted by Gasteiger charge is -2.35. The van der Waals surface area contributed by atoms with Crippen LogP contribution in [0.2, 0.25) is 0 Å². The Balaban J connectivity index is 1.27. The van der Waals surface area contributed by atoms with Crippen molar-refractivity contribution in [2.24, 2.45) is 0 Å². The highest BCUT2D eigenvalue weighted by Crippen LogP contribution is 2.23. The molecule has 0 atom stereocenters. The van der Waals surface area contributed by atoms with Crippen molar-refractivity contribution in [2.45, 2.75) is 12.8 Å². The minimum absolute atomic E-state index is 0.00721. The molecule has 0 N–H and O–H groups in total. The number of hydrogen-bond donors (Lipinski definition) is 0. The van der Waals surface area contributed by atoms with Gasteiger partial charge in [0.05, 0.1) is 16.7 Å². The number of imide groups is 1. The Hall–Kier alpha value is -3.73. The predicted octanol–water partition coefficient (Wildman–Crippen LogP) is 1.68. The number of hydrogen-bond acceptors (Lipinski definition) is 6. The number of fused-ring (bicyclic) bond motifs is 1. The largest absolute Gasteiger partial charge is 0.352 e. The van der Waals surface area contributed by atoms with Gasteiger partial charge in [0.15, 0.2) is 0 Å². The van der Waals surface area contributed by atoms with Crippen LogP contribution in [0, 0.1) is 11.3 Å². The van der Waals surface area contributed by atoms with Crippen molar-refractivity contribution in [3.8, 4) is 6.07 Å². The number of benzene rings is 1. The van der Waals surface area contributed by atoms with E-state index in [1.165, 1.54) is 4.90 Å². The van der Waals surface area contributed by atoms with E-state index in [-0.39, 0.29) is 30.7 Å². The molecule has 4 rings (SSSR count). The highest BCUT2D eigenvalue weighted by Gasteiger charge is 2.34. The normalized spacial score (nSPS) is 15.9. The van der Waals surface area contributed by atoms with Gasteiger partial charge in [0.2, 0.25) is 5.91 Å². The van der Waals surface area contributed by atoms with E-state index in [0.29, 0.717) is 55.1 Å². The summed E-state index contributed by atoms with van der Waals surface area (Å²) in [6.07, 6.45) is 2.37. The number of aromatic nitrogens is 1. The second-order valence-corrected chi connectivity index (χ2v) is 7.27. The van der Waals surface area contributed by atoms with Gasteiger partial charge in [-0.1, -0.05) is 12.1 Å². The first kappa shape index (κ1) is 19.6. The average Bonchev–Trinajstić information content (AvgIpc) is 3.04. The number of nitriles is 1. The van der Waals surface area contributed by atoms with Crippen molar-refractivity contribution in [3.63, 3.8) is 0 Å². The first-order valence-corrected chi connectivity index (χ1v) is 9.93. The minimum Gasteiger partial charge on any atom is -0.352 e. The number of nitrogens with zero attached hydrogens (tertiary/aromatic N) is 5. The quantitative estimate of drug-likeness (QED) is 0.705. The van der Waals surface area contributed by atoms with Gasteiger partial charge in [-0.05, 0) is 30.7 Å². The van der Waals surface area contributed by atoms with E-state index < -0.39 is 0 Å². The van der Waals surface area contributed by atoms with E-state index in [9.17, 15) is 19.6 Å². The summed E-state index contributed by atoms with van der Waals surface area (Å²) in [5, 5.41) is 9.24. The summed E-state index contributed by atoms with van der Waals surface area (Å²) >= 11 is 0. The molecule has 0 bridgehead atoms. The van der Waals surface area contributed by atoms with E-state index in [1.54, 1.807) is 47.5 Å². The van der Waals surface area contributed by atoms with Gasteiger partial charge in [0.25, 0.3) is 11.8 Å². The van der Waals surface area contributed by atoms with Gasteiger partial charge in [-0.15, -0.1) is 0 Å². The number of piperazine rings is 1. The summed E-state index contributed by atoms with van der Waals surface area (Å²) in [5.41, 5.74) is 1.38. The topological polar surface area (TPSA) is 97.6 Å². The fourth-order valence-corrected chi connectivity index (χ4v) is 3.89. The molecule has 3 amide bonds. The molecule has 2 aromatic rings. The summed E-state index contributed by atoms with van der Waals surface area (Å²) in [4.78, 5) is 46.7. The Morgan fingerprint density at radius 1 is 1.00 bits per heavy atom. The third kappa shape index (κ3) is 3.62. The molecule has 0 radical (unpaired) electrons. The fraction of sp³-hybridized carbons (Fsp3) is 0.318. The van der Waals surface area contributed by atoms with Gasteiger partial charge >= 0.3 is 0 Å². The van der Waals surface area contributed by atoms with Crippen molar-refractivity contribution in [3.05, 3.63) is 59.3 Å². The van der Waals surface area contributed by atoms with Gasteiger partial charge in [-0.3, -0.25) is 19.3 Å². The Morgan fingerprint density at radius 2 is 1.67 bits per heavy atom. The van der Waals surface area contributed by atoms with Crippen LogP contribution in [0.25, 0.3) is 0 Å². The molecule has 0 unspecified atom stereocenters. The van der Waals surface area contributed by atoms with Crippen molar-refractivity contribution in [1.82, 2.24) is 14.8 Å². The second kappa shape index (κ2) is 8.33. The van der Waals surface area contributed by atoms with E-state index in [1.807, 2.05) is 4.90 Å². The third-order valence-corrected chi connectivity index (χ3v) is 5.49. The lowest BCUT2D eigenvalue weighted by atomic mass is 10.1. The van der Waals surface area contributed by atoms with Crippen LogP contribution in [0.4, 0.5) is 5.82 Å². The molecule has 30 heavy (non-hydrogen) atoms. The second-order valence-electron chi connectivity index (χ2n) is 7.27. The van der Waals surface area contributed by atoms with Crippen molar-refractivity contribution >= 4 is 23.5 Å². The maximum absolute atomic E-state index is 12.6. The Bertz CT molecular complexity index is 1000. The lowest BCUT2D eigenvalue weighted by Crippen LogP contribution is -2.49. The van der Waals surface area contributed by atoms with Crippen molar-refractivity contribution in [2.75, 3.05) is 37.6 Å². The van der Waals surface area contributed by atoms with Crippen LogP contribution >= 0.6 is 0 Å². The van der Waals surface area contributed by atoms with Gasteiger partial charge in [-0.2, -0.15) is 5.26 Å². The van der Waals surface area contributed by atoms with Crippen LogP contribution in [0.3, 0.4) is 0 Å². The zero-order chi connectivity index (χ0) is 21.1. The number of amides is 3. The van der Waals surface area contributed by atoms with Gasteiger partial charge in [-0.25, -0.2) is 4.98 Å². The van der Waals surface area contributed by atoms with Gasteiger partial charge in [0.1, 0.15) is 11.9 Å². The third-order valence-electron chi connectivity index (χ3n) is 5.49. The van der Waals surface area contributed by atoms with E-state index in [4.69, 9.17) is 0 Å². The minimum atomic E-state index is -0.291. The molecule has 8 nitrogen and oxygen atoms in total. The molecule has 1 fully saturated rings. The summed E-state index contributed by atoms with van der Waals surface area (Å²) in [6.45, 7) is 2.55. The standard InChI is InChI=1S/C22H21N5O3/c23-15-16-5-3-9-24-20(16)26-13-11-25(12-14-26)19(28)8-4-10-27-21(29)17-6-1-2-7-18(17)22(27)30/h1-3,5-7,9H,4,8,10-14H2. The molecular formula is C22H21N5O3. The van der Waals surface area contributed by atoms with Crippen LogP contribution in [-0.4, -0.2) is 65.2 Å². The molecular weight excluding hydrogens is 382 g/mol. The first-order valence-electron chi connectivity index (χ1n) is 9.93. The number of carbonyl (C=O) groups is 3. The highest BCUT2D eigenvalue weighted by atomic mass is 16.2. The van der Waals surface area contributed by atoms with E-state index in [0.717, 1.165) is 0 Å². The van der Waals surface area contributed by atoms with Crippen LogP contribution in [0.1, 0.15) is 39.1 Å². The molecule has 0 saturated carbocycles. The molecule has 3 heterocycles. The Labute approximate surface area is 174 Å². The molecule has 0 spiro atoms. The molecule has 8 heteroatoms. The molecule has 1 aromatic heterocycles. The summed E-state index contributed by atoms with van der Waals surface area (Å²) in [5.74, 6) is 0.0751. The molecule has 1 saturated heterocycles. The smallest absolute Gasteiger partial charge is 0.261 e. The SMILES string of the molecule is N#Cc1cccnc1N1CCN(C(=O)CCCN2C(=O)c3ccccc3C2=O)CC1. The number of pyridine rings is 1. The zero-order valence-electron chi connectivity index (χ0n) is 16.5. The van der Waals surface area contributed by atoms with E-state index >= 15 is 0 Å². The summed E-state index contributed by atoms with van der Waals surface area (Å²) < 4.78 is 0. The molecule has 2 aliphatic heterocycles.